The standard InChI is InChI=1S/C23H19N3O2/c1-17-3-2-4-19(13-17)15-25-26-23(27)16-28-22-11-9-21(10-12-22)20-7-5-18(14-24)6-8-20/h2-13,15H,16H2,1H3,(H,26,27)/b25-15+. The van der Waals surface area contributed by atoms with Crippen LogP contribution in [0.5, 0.6) is 5.75 Å². The summed E-state index contributed by atoms with van der Waals surface area (Å²) < 4.78 is 5.49. The van der Waals surface area contributed by atoms with E-state index >= 15 is 0 Å². The van der Waals surface area contributed by atoms with E-state index in [4.69, 9.17) is 10.00 Å². The number of nitrogens with one attached hydrogen (secondary N) is 1. The third-order valence-corrected chi connectivity index (χ3v) is 4.02. The quantitative estimate of drug-likeness (QED) is 0.526. The Hall–Kier alpha value is -3.91. The lowest BCUT2D eigenvalue weighted by Gasteiger charge is -2.07. The Kier molecular flexibility index (Phi) is 6.17. The number of ether oxygens (including phenoxy) is 1. The van der Waals surface area contributed by atoms with Crippen molar-refractivity contribution in [3.63, 3.8) is 0 Å². The average molecular weight is 369 g/mol. The van der Waals surface area contributed by atoms with E-state index < -0.39 is 0 Å². The minimum absolute atomic E-state index is 0.124. The second-order valence-corrected chi connectivity index (χ2v) is 6.21. The fourth-order valence-electron chi connectivity index (χ4n) is 2.59. The van der Waals surface area contributed by atoms with Crippen LogP contribution in [0.15, 0.2) is 77.9 Å². The summed E-state index contributed by atoms with van der Waals surface area (Å²) >= 11 is 0. The van der Waals surface area contributed by atoms with Crippen LogP contribution in [0.4, 0.5) is 0 Å². The summed E-state index contributed by atoms with van der Waals surface area (Å²) in [5.41, 5.74) is 7.13. The van der Waals surface area contributed by atoms with Crippen LogP contribution in [0.2, 0.25) is 0 Å². The molecule has 5 heteroatoms. The summed E-state index contributed by atoms with van der Waals surface area (Å²) in [7, 11) is 0. The summed E-state index contributed by atoms with van der Waals surface area (Å²) in [6.45, 7) is 1.87. The van der Waals surface area contributed by atoms with Crippen LogP contribution in [0.1, 0.15) is 16.7 Å². The van der Waals surface area contributed by atoms with Crippen LogP contribution >= 0.6 is 0 Å². The van der Waals surface area contributed by atoms with Gasteiger partial charge in [-0.05, 0) is 47.9 Å². The largest absolute Gasteiger partial charge is 0.484 e. The Bertz CT molecular complexity index is 1020. The van der Waals surface area contributed by atoms with Crippen LogP contribution in [-0.4, -0.2) is 18.7 Å². The number of hydrogen-bond donors (Lipinski definition) is 1. The zero-order chi connectivity index (χ0) is 19.8. The first-order valence-electron chi connectivity index (χ1n) is 8.76. The molecule has 0 fully saturated rings. The molecule has 0 spiro atoms. The number of nitriles is 1. The lowest BCUT2D eigenvalue weighted by molar-refractivity contribution is -0.123. The molecule has 3 aromatic rings. The number of hydrazone groups is 1. The number of amides is 1. The molecule has 0 radical (unpaired) electrons. The van der Waals surface area contributed by atoms with Gasteiger partial charge in [0.05, 0.1) is 17.8 Å². The van der Waals surface area contributed by atoms with Crippen LogP contribution < -0.4 is 10.2 Å². The van der Waals surface area contributed by atoms with Crippen LogP contribution in [-0.2, 0) is 4.79 Å². The fourth-order valence-corrected chi connectivity index (χ4v) is 2.59. The van der Waals surface area contributed by atoms with Gasteiger partial charge >= 0.3 is 0 Å². The minimum atomic E-state index is -0.333. The highest BCUT2D eigenvalue weighted by Gasteiger charge is 2.03. The Morgan fingerprint density at radius 1 is 1.07 bits per heavy atom. The molecule has 0 saturated carbocycles. The van der Waals surface area contributed by atoms with Gasteiger partial charge in [-0.25, -0.2) is 5.43 Å². The molecule has 0 aromatic heterocycles. The van der Waals surface area contributed by atoms with E-state index in [9.17, 15) is 4.79 Å². The van der Waals surface area contributed by atoms with E-state index in [1.54, 1.807) is 30.5 Å². The average Bonchev–Trinajstić information content (AvgIpc) is 2.73. The molecule has 0 unspecified atom stereocenters. The van der Waals surface area contributed by atoms with Crippen LogP contribution in [0.25, 0.3) is 11.1 Å². The van der Waals surface area contributed by atoms with Gasteiger partial charge in [-0.15, -0.1) is 0 Å². The summed E-state index contributed by atoms with van der Waals surface area (Å²) in [5.74, 6) is 0.260. The molecule has 1 N–H and O–H groups in total. The molecular formula is C23H19N3O2. The van der Waals surface area contributed by atoms with Gasteiger partial charge in [0.15, 0.2) is 6.61 Å². The van der Waals surface area contributed by atoms with Gasteiger partial charge in [-0.1, -0.05) is 54.1 Å². The summed E-state index contributed by atoms with van der Waals surface area (Å²) in [6, 6.07) is 24.7. The van der Waals surface area contributed by atoms with Gasteiger partial charge in [0, 0.05) is 0 Å². The van der Waals surface area contributed by atoms with Gasteiger partial charge < -0.3 is 4.74 Å². The third kappa shape index (κ3) is 5.29. The van der Waals surface area contributed by atoms with Crippen molar-refractivity contribution < 1.29 is 9.53 Å². The van der Waals surface area contributed by atoms with Gasteiger partial charge in [-0.3, -0.25) is 4.79 Å². The van der Waals surface area contributed by atoms with Crippen molar-refractivity contribution in [1.29, 1.82) is 5.26 Å². The molecular weight excluding hydrogens is 350 g/mol. The molecule has 0 heterocycles. The van der Waals surface area contributed by atoms with E-state index in [1.807, 2.05) is 55.5 Å². The lowest BCUT2D eigenvalue weighted by Crippen LogP contribution is -2.24. The summed E-state index contributed by atoms with van der Waals surface area (Å²) in [5, 5.41) is 12.8. The Morgan fingerprint density at radius 3 is 2.39 bits per heavy atom. The minimum Gasteiger partial charge on any atom is -0.484 e. The second kappa shape index (κ2) is 9.15. The number of nitrogens with zero attached hydrogens (tertiary/aromatic N) is 2. The molecule has 0 aliphatic carbocycles. The fraction of sp³-hybridized carbons (Fsp3) is 0.0870. The highest BCUT2D eigenvalue weighted by atomic mass is 16.5. The molecule has 138 valence electrons. The number of aryl methyl sites for hydroxylation is 1. The number of rotatable bonds is 6. The summed E-state index contributed by atoms with van der Waals surface area (Å²) in [4.78, 5) is 11.8. The first-order valence-corrected chi connectivity index (χ1v) is 8.76. The van der Waals surface area contributed by atoms with E-state index in [1.165, 1.54) is 0 Å². The maximum absolute atomic E-state index is 11.8. The molecule has 0 saturated heterocycles. The first kappa shape index (κ1) is 18.9. The van der Waals surface area contributed by atoms with Crippen LogP contribution in [0, 0.1) is 18.3 Å². The first-order chi connectivity index (χ1) is 13.6. The van der Waals surface area contributed by atoms with Gasteiger partial charge in [0.2, 0.25) is 0 Å². The van der Waals surface area contributed by atoms with Crippen LogP contribution in [0.3, 0.4) is 0 Å². The SMILES string of the molecule is Cc1cccc(/C=N/NC(=O)COc2ccc(-c3ccc(C#N)cc3)cc2)c1. The number of carbonyl (C=O) groups excluding carboxylic acids is 1. The van der Waals surface area contributed by atoms with Gasteiger partial charge in [0.25, 0.3) is 5.91 Å². The number of hydrogen-bond acceptors (Lipinski definition) is 4. The molecule has 1 amide bonds. The third-order valence-electron chi connectivity index (χ3n) is 4.02. The zero-order valence-electron chi connectivity index (χ0n) is 15.4. The highest BCUT2D eigenvalue weighted by molar-refractivity contribution is 5.83. The topological polar surface area (TPSA) is 74.5 Å². The van der Waals surface area contributed by atoms with Crippen molar-refractivity contribution in [1.82, 2.24) is 5.43 Å². The molecule has 0 bridgehead atoms. The molecule has 0 aliphatic heterocycles. The maximum atomic E-state index is 11.8. The van der Waals surface area contributed by atoms with E-state index in [-0.39, 0.29) is 12.5 Å². The monoisotopic (exact) mass is 369 g/mol. The molecule has 0 aliphatic rings. The molecule has 0 atom stereocenters. The Morgan fingerprint density at radius 2 is 1.75 bits per heavy atom. The lowest BCUT2D eigenvalue weighted by atomic mass is 10.0. The van der Waals surface area contributed by atoms with Crippen molar-refractivity contribution in [2.75, 3.05) is 6.61 Å². The van der Waals surface area contributed by atoms with Crippen molar-refractivity contribution >= 4 is 12.1 Å². The molecule has 3 rings (SSSR count). The van der Waals surface area contributed by atoms with E-state index in [0.29, 0.717) is 11.3 Å². The summed E-state index contributed by atoms with van der Waals surface area (Å²) in [6.07, 6.45) is 1.59. The van der Waals surface area contributed by atoms with E-state index in [2.05, 4.69) is 16.6 Å². The maximum Gasteiger partial charge on any atom is 0.277 e. The van der Waals surface area contributed by atoms with Crippen molar-refractivity contribution in [3.05, 3.63) is 89.5 Å². The smallest absolute Gasteiger partial charge is 0.277 e. The predicted molar refractivity (Wildman–Crippen MR) is 109 cm³/mol. The predicted octanol–water partition coefficient (Wildman–Crippen LogP) is 4.06. The number of benzene rings is 3. The molecule has 28 heavy (non-hydrogen) atoms. The van der Waals surface area contributed by atoms with Gasteiger partial charge in [0.1, 0.15) is 5.75 Å². The Balaban J connectivity index is 1.50. The normalized spacial score (nSPS) is 10.4. The van der Waals surface area contributed by atoms with Crippen molar-refractivity contribution in [3.8, 4) is 22.9 Å². The zero-order valence-corrected chi connectivity index (χ0v) is 15.4. The van der Waals surface area contributed by atoms with Crippen molar-refractivity contribution in [2.45, 2.75) is 6.92 Å². The van der Waals surface area contributed by atoms with Gasteiger partial charge in [-0.2, -0.15) is 10.4 Å². The second-order valence-electron chi connectivity index (χ2n) is 6.21. The van der Waals surface area contributed by atoms with Crippen molar-refractivity contribution in [2.24, 2.45) is 5.10 Å². The van der Waals surface area contributed by atoms with E-state index in [0.717, 1.165) is 22.3 Å². The molecule has 3 aromatic carbocycles. The Labute approximate surface area is 163 Å². The molecule has 5 nitrogen and oxygen atoms in total. The number of carbonyl (C=O) groups is 1. The highest BCUT2D eigenvalue weighted by Crippen LogP contribution is 2.22.